The van der Waals surface area contributed by atoms with Gasteiger partial charge in [-0.3, -0.25) is 4.68 Å². The van der Waals surface area contributed by atoms with Crippen LogP contribution in [-0.4, -0.2) is 14.9 Å². The van der Waals surface area contributed by atoms with Crippen LogP contribution in [0.25, 0.3) is 11.0 Å². The normalized spacial score (nSPS) is 10.9. The molecule has 0 radical (unpaired) electrons. The number of hydrogen-bond acceptors (Lipinski definition) is 4. The van der Waals surface area contributed by atoms with Crippen molar-refractivity contribution in [3.05, 3.63) is 87.5 Å². The van der Waals surface area contributed by atoms with E-state index in [1.807, 2.05) is 55.8 Å². The average molecular weight is 419 g/mol. The number of nitrogens with one attached hydrogen (secondary N) is 2. The molecule has 0 fully saturated rings. The lowest BCUT2D eigenvalue weighted by molar-refractivity contribution is 0.560. The fourth-order valence-corrected chi connectivity index (χ4v) is 3.69. The molecule has 7 heteroatoms. The van der Waals surface area contributed by atoms with Gasteiger partial charge in [-0.15, -0.1) is 0 Å². The molecule has 30 heavy (non-hydrogen) atoms. The van der Waals surface area contributed by atoms with Crippen molar-refractivity contribution in [3.63, 3.8) is 0 Å². The predicted molar refractivity (Wildman–Crippen MR) is 124 cm³/mol. The number of aromatic nitrogens is 2. The number of fused-ring (bicyclic) bond motifs is 1. The van der Waals surface area contributed by atoms with Crippen molar-refractivity contribution < 1.29 is 4.42 Å². The molecule has 0 bridgehead atoms. The summed E-state index contributed by atoms with van der Waals surface area (Å²) in [5.41, 5.74) is 5.71. The summed E-state index contributed by atoms with van der Waals surface area (Å²) in [4.78, 5) is 11.7. The molecule has 2 aromatic carbocycles. The molecule has 4 rings (SSSR count). The summed E-state index contributed by atoms with van der Waals surface area (Å²) in [6.07, 6.45) is 0. The van der Waals surface area contributed by atoms with E-state index in [0.29, 0.717) is 17.2 Å². The van der Waals surface area contributed by atoms with Gasteiger partial charge in [0.2, 0.25) is 0 Å². The van der Waals surface area contributed by atoms with Gasteiger partial charge in [0.05, 0.1) is 23.6 Å². The smallest absolute Gasteiger partial charge is 0.336 e. The molecule has 0 aliphatic rings. The first-order valence-corrected chi connectivity index (χ1v) is 10.0. The topological polar surface area (TPSA) is 72.1 Å². The van der Waals surface area contributed by atoms with Crippen molar-refractivity contribution in [2.45, 2.75) is 27.3 Å². The molecule has 152 valence electrons. The molecule has 0 aliphatic carbocycles. The Kier molecular flexibility index (Phi) is 5.37. The van der Waals surface area contributed by atoms with Gasteiger partial charge in [-0.1, -0.05) is 30.3 Å². The molecular formula is C23H22N4O2S. The van der Waals surface area contributed by atoms with Crippen LogP contribution in [-0.2, 0) is 6.54 Å². The Morgan fingerprint density at radius 1 is 1.07 bits per heavy atom. The lowest BCUT2D eigenvalue weighted by Gasteiger charge is -2.12. The van der Waals surface area contributed by atoms with E-state index in [0.717, 1.165) is 33.7 Å². The second-order valence-corrected chi connectivity index (χ2v) is 7.64. The van der Waals surface area contributed by atoms with Crippen LogP contribution in [0.5, 0.6) is 0 Å². The van der Waals surface area contributed by atoms with E-state index in [4.69, 9.17) is 16.6 Å². The monoisotopic (exact) mass is 418 g/mol. The lowest BCUT2D eigenvalue weighted by atomic mass is 10.1. The predicted octanol–water partition coefficient (Wildman–Crippen LogP) is 4.77. The Bertz CT molecular complexity index is 1290. The second-order valence-electron chi connectivity index (χ2n) is 7.23. The van der Waals surface area contributed by atoms with Gasteiger partial charge in [-0.05, 0) is 56.2 Å². The van der Waals surface area contributed by atoms with Gasteiger partial charge in [0.15, 0.2) is 5.11 Å². The van der Waals surface area contributed by atoms with Gasteiger partial charge < -0.3 is 15.1 Å². The van der Waals surface area contributed by atoms with E-state index in [9.17, 15) is 4.79 Å². The van der Waals surface area contributed by atoms with E-state index < -0.39 is 0 Å². The molecule has 0 atom stereocenters. The zero-order chi connectivity index (χ0) is 21.3. The Hall–Kier alpha value is -3.45. The third-order valence-corrected chi connectivity index (χ3v) is 5.21. The summed E-state index contributed by atoms with van der Waals surface area (Å²) in [5, 5.41) is 12.4. The Balaban J connectivity index is 1.52. The van der Waals surface area contributed by atoms with E-state index in [-0.39, 0.29) is 5.63 Å². The highest BCUT2D eigenvalue weighted by Crippen LogP contribution is 2.23. The number of benzene rings is 2. The first kappa shape index (κ1) is 19.8. The average Bonchev–Trinajstić information content (AvgIpc) is 2.95. The summed E-state index contributed by atoms with van der Waals surface area (Å²) in [6, 6.07) is 17.3. The number of rotatable bonds is 4. The molecule has 2 heterocycles. The maximum Gasteiger partial charge on any atom is 0.336 e. The summed E-state index contributed by atoms with van der Waals surface area (Å²) in [6.45, 7) is 6.55. The molecule has 0 saturated carbocycles. The Morgan fingerprint density at radius 3 is 2.60 bits per heavy atom. The first-order chi connectivity index (χ1) is 14.4. The highest BCUT2D eigenvalue weighted by Gasteiger charge is 2.13. The maximum atomic E-state index is 11.7. The zero-order valence-electron chi connectivity index (χ0n) is 17.0. The standard InChI is InChI=1S/C23H22N4O2S/c1-14-11-21(28)29-20-12-18(9-10-19(14)20)24-23(30)25-22-15(2)26-27(16(22)3)13-17-7-5-4-6-8-17/h4-12H,13H2,1-3H3,(H2,24,25,30). The van der Waals surface area contributed by atoms with Crippen molar-refractivity contribution >= 4 is 39.7 Å². The number of aryl methyl sites for hydroxylation is 2. The van der Waals surface area contributed by atoms with Crippen LogP contribution in [0.1, 0.15) is 22.5 Å². The van der Waals surface area contributed by atoms with Crippen LogP contribution in [0.4, 0.5) is 11.4 Å². The highest BCUT2D eigenvalue weighted by atomic mass is 32.1. The van der Waals surface area contributed by atoms with E-state index in [1.165, 1.54) is 11.6 Å². The van der Waals surface area contributed by atoms with Crippen LogP contribution in [0, 0.1) is 20.8 Å². The minimum Gasteiger partial charge on any atom is -0.423 e. The third-order valence-electron chi connectivity index (χ3n) is 5.00. The minimum atomic E-state index is -0.366. The maximum absolute atomic E-state index is 11.7. The lowest BCUT2D eigenvalue weighted by Crippen LogP contribution is -2.20. The zero-order valence-corrected chi connectivity index (χ0v) is 17.8. The Morgan fingerprint density at radius 2 is 1.83 bits per heavy atom. The minimum absolute atomic E-state index is 0.366. The van der Waals surface area contributed by atoms with Crippen LogP contribution in [0.3, 0.4) is 0 Å². The molecule has 2 N–H and O–H groups in total. The van der Waals surface area contributed by atoms with Crippen molar-refractivity contribution in [1.82, 2.24) is 9.78 Å². The van der Waals surface area contributed by atoms with Gasteiger partial charge >= 0.3 is 5.63 Å². The van der Waals surface area contributed by atoms with E-state index >= 15 is 0 Å². The number of hydrogen-bond donors (Lipinski definition) is 2. The summed E-state index contributed by atoms with van der Waals surface area (Å²) >= 11 is 5.50. The fourth-order valence-electron chi connectivity index (χ4n) is 3.47. The van der Waals surface area contributed by atoms with Gasteiger partial charge in [-0.25, -0.2) is 4.79 Å². The van der Waals surface area contributed by atoms with E-state index in [2.05, 4.69) is 27.9 Å². The molecule has 0 aliphatic heterocycles. The number of thiocarbonyl (C=S) groups is 1. The molecule has 2 aromatic heterocycles. The van der Waals surface area contributed by atoms with Gasteiger partial charge in [0.1, 0.15) is 5.58 Å². The summed E-state index contributed by atoms with van der Waals surface area (Å²) < 4.78 is 7.27. The van der Waals surface area contributed by atoms with Gasteiger partial charge in [0, 0.05) is 23.2 Å². The van der Waals surface area contributed by atoms with Crippen molar-refractivity contribution in [2.24, 2.45) is 0 Å². The Labute approximate surface area is 179 Å². The SMILES string of the molecule is Cc1nn(Cc2ccccc2)c(C)c1NC(=S)Nc1ccc2c(C)cc(=O)oc2c1. The first-order valence-electron chi connectivity index (χ1n) is 9.61. The molecule has 0 saturated heterocycles. The van der Waals surface area contributed by atoms with Crippen LogP contribution < -0.4 is 16.3 Å². The largest absolute Gasteiger partial charge is 0.423 e. The second kappa shape index (κ2) is 8.12. The van der Waals surface area contributed by atoms with Crippen molar-refractivity contribution in [2.75, 3.05) is 10.6 Å². The van der Waals surface area contributed by atoms with Crippen LogP contribution in [0.2, 0.25) is 0 Å². The third kappa shape index (κ3) is 4.11. The summed E-state index contributed by atoms with van der Waals surface area (Å²) in [5.74, 6) is 0. The molecule has 0 spiro atoms. The number of anilines is 2. The van der Waals surface area contributed by atoms with Crippen molar-refractivity contribution in [1.29, 1.82) is 0 Å². The summed E-state index contributed by atoms with van der Waals surface area (Å²) in [7, 11) is 0. The molecular weight excluding hydrogens is 396 g/mol. The molecule has 0 amide bonds. The van der Waals surface area contributed by atoms with Crippen LogP contribution in [0.15, 0.2) is 63.8 Å². The molecule has 6 nitrogen and oxygen atoms in total. The van der Waals surface area contributed by atoms with E-state index in [1.54, 1.807) is 6.07 Å². The molecule has 4 aromatic rings. The fraction of sp³-hybridized carbons (Fsp3) is 0.174. The quantitative estimate of drug-likeness (QED) is 0.367. The van der Waals surface area contributed by atoms with Gasteiger partial charge in [-0.2, -0.15) is 5.10 Å². The van der Waals surface area contributed by atoms with Crippen LogP contribution >= 0.6 is 12.2 Å². The van der Waals surface area contributed by atoms with Crippen molar-refractivity contribution in [3.8, 4) is 0 Å². The number of nitrogens with zero attached hydrogens (tertiary/aromatic N) is 2. The van der Waals surface area contributed by atoms with Gasteiger partial charge in [0.25, 0.3) is 0 Å². The molecule has 0 unspecified atom stereocenters. The highest BCUT2D eigenvalue weighted by molar-refractivity contribution is 7.80.